The Morgan fingerprint density at radius 2 is 2.21 bits per heavy atom. The highest BCUT2D eigenvalue weighted by molar-refractivity contribution is 9.10. The van der Waals surface area contributed by atoms with Crippen molar-refractivity contribution >= 4 is 38.6 Å². The molecule has 0 saturated heterocycles. The standard InChI is InChI=1S/C12H9BrClFN4/c1-18-6-7(5-16-18)19-11-2-8(13)9(15)3-10(11)17-12(19)4-14/h2-3,5-6H,4H2,1H3. The number of hydrogen-bond acceptors (Lipinski definition) is 2. The zero-order valence-corrected chi connectivity index (χ0v) is 12.3. The third-order valence-corrected chi connectivity index (χ3v) is 3.68. The van der Waals surface area contributed by atoms with Gasteiger partial charge in [0.15, 0.2) is 0 Å². The van der Waals surface area contributed by atoms with Gasteiger partial charge in [-0.1, -0.05) is 0 Å². The van der Waals surface area contributed by atoms with Crippen molar-refractivity contribution in [1.82, 2.24) is 19.3 Å². The van der Waals surface area contributed by atoms with E-state index in [9.17, 15) is 4.39 Å². The number of halogens is 3. The maximum Gasteiger partial charge on any atom is 0.139 e. The van der Waals surface area contributed by atoms with Crippen molar-refractivity contribution in [1.29, 1.82) is 0 Å². The van der Waals surface area contributed by atoms with Crippen LogP contribution in [0.4, 0.5) is 4.39 Å². The molecular weight excluding hydrogens is 335 g/mol. The van der Waals surface area contributed by atoms with Gasteiger partial charge in [-0.3, -0.25) is 9.25 Å². The number of alkyl halides is 1. The average molecular weight is 344 g/mol. The van der Waals surface area contributed by atoms with Gasteiger partial charge in [0.1, 0.15) is 11.6 Å². The Morgan fingerprint density at radius 1 is 1.42 bits per heavy atom. The topological polar surface area (TPSA) is 35.6 Å². The second-order valence-corrected chi connectivity index (χ2v) is 5.25. The second kappa shape index (κ2) is 4.61. The molecule has 0 atom stereocenters. The lowest BCUT2D eigenvalue weighted by molar-refractivity contribution is 0.623. The van der Waals surface area contributed by atoms with Crippen LogP contribution in [-0.2, 0) is 12.9 Å². The number of imidazole rings is 1. The molecule has 0 saturated carbocycles. The van der Waals surface area contributed by atoms with Crippen molar-refractivity contribution in [2.24, 2.45) is 7.05 Å². The van der Waals surface area contributed by atoms with Gasteiger partial charge < -0.3 is 0 Å². The summed E-state index contributed by atoms with van der Waals surface area (Å²) in [5.74, 6) is 0.551. The van der Waals surface area contributed by atoms with E-state index in [1.807, 2.05) is 17.8 Å². The van der Waals surface area contributed by atoms with E-state index in [0.717, 1.165) is 11.2 Å². The van der Waals surface area contributed by atoms with E-state index in [-0.39, 0.29) is 11.7 Å². The maximum absolute atomic E-state index is 13.6. The molecule has 0 N–H and O–H groups in total. The summed E-state index contributed by atoms with van der Waals surface area (Å²) in [6.45, 7) is 0. The Kier molecular flexibility index (Phi) is 3.06. The Bertz CT molecular complexity index is 765. The van der Waals surface area contributed by atoms with Crippen LogP contribution in [0.1, 0.15) is 5.82 Å². The fourth-order valence-electron chi connectivity index (χ4n) is 2.02. The first kappa shape index (κ1) is 12.6. The normalized spacial score (nSPS) is 11.4. The molecule has 3 rings (SSSR count). The zero-order valence-electron chi connectivity index (χ0n) is 9.94. The molecule has 0 radical (unpaired) electrons. The first-order valence-corrected chi connectivity index (χ1v) is 6.84. The summed E-state index contributed by atoms with van der Waals surface area (Å²) in [4.78, 5) is 4.35. The first-order valence-electron chi connectivity index (χ1n) is 5.51. The van der Waals surface area contributed by atoms with Crippen molar-refractivity contribution in [2.75, 3.05) is 0 Å². The Labute approximate surface area is 121 Å². The second-order valence-electron chi connectivity index (χ2n) is 4.12. The van der Waals surface area contributed by atoms with Gasteiger partial charge in [0.25, 0.3) is 0 Å². The highest BCUT2D eigenvalue weighted by Gasteiger charge is 2.15. The Hall–Kier alpha value is -1.40. The average Bonchev–Trinajstić information content (AvgIpc) is 2.93. The summed E-state index contributed by atoms with van der Waals surface area (Å²) < 4.78 is 17.5. The third-order valence-electron chi connectivity index (χ3n) is 2.83. The van der Waals surface area contributed by atoms with Crippen LogP contribution in [0.3, 0.4) is 0 Å². The van der Waals surface area contributed by atoms with E-state index in [1.54, 1.807) is 16.9 Å². The largest absolute Gasteiger partial charge is 0.292 e. The van der Waals surface area contributed by atoms with Crippen LogP contribution < -0.4 is 0 Å². The number of aromatic nitrogens is 4. The lowest BCUT2D eigenvalue weighted by Gasteiger charge is -2.04. The third kappa shape index (κ3) is 2.04. The lowest BCUT2D eigenvalue weighted by atomic mass is 10.3. The molecule has 0 aliphatic carbocycles. The molecule has 0 unspecified atom stereocenters. The van der Waals surface area contributed by atoms with Gasteiger partial charge in [0.2, 0.25) is 0 Å². The number of benzene rings is 1. The number of rotatable bonds is 2. The summed E-state index contributed by atoms with van der Waals surface area (Å²) in [7, 11) is 1.83. The monoisotopic (exact) mass is 342 g/mol. The van der Waals surface area contributed by atoms with Gasteiger partial charge in [0, 0.05) is 19.3 Å². The van der Waals surface area contributed by atoms with Crippen LogP contribution >= 0.6 is 27.5 Å². The molecule has 0 amide bonds. The van der Waals surface area contributed by atoms with Gasteiger partial charge >= 0.3 is 0 Å². The van der Waals surface area contributed by atoms with Crippen molar-refractivity contribution in [3.05, 3.63) is 40.6 Å². The Morgan fingerprint density at radius 3 is 2.84 bits per heavy atom. The molecule has 98 valence electrons. The maximum atomic E-state index is 13.6. The molecule has 0 aliphatic heterocycles. The molecule has 4 nitrogen and oxygen atoms in total. The van der Waals surface area contributed by atoms with Gasteiger partial charge in [-0.2, -0.15) is 5.10 Å². The van der Waals surface area contributed by atoms with Gasteiger partial charge in [-0.05, 0) is 22.0 Å². The van der Waals surface area contributed by atoms with Crippen LogP contribution in [0.25, 0.3) is 16.7 Å². The fraction of sp³-hybridized carbons (Fsp3) is 0.167. The van der Waals surface area contributed by atoms with Crippen molar-refractivity contribution in [3.8, 4) is 5.69 Å². The minimum atomic E-state index is -0.343. The van der Waals surface area contributed by atoms with Crippen LogP contribution in [0.15, 0.2) is 29.0 Å². The van der Waals surface area contributed by atoms with Gasteiger partial charge in [-0.15, -0.1) is 11.6 Å². The van der Waals surface area contributed by atoms with E-state index in [4.69, 9.17) is 11.6 Å². The Balaban J connectivity index is 2.35. The van der Waals surface area contributed by atoms with Crippen molar-refractivity contribution in [2.45, 2.75) is 5.88 Å². The van der Waals surface area contributed by atoms with Gasteiger partial charge in [-0.25, -0.2) is 9.37 Å². The van der Waals surface area contributed by atoms with E-state index in [1.165, 1.54) is 6.07 Å². The molecule has 2 heterocycles. The van der Waals surface area contributed by atoms with Gasteiger partial charge in [0.05, 0.1) is 33.3 Å². The minimum absolute atomic E-state index is 0.239. The van der Waals surface area contributed by atoms with Crippen LogP contribution in [0.5, 0.6) is 0 Å². The molecular formula is C12H9BrClFN4. The number of hydrogen-bond donors (Lipinski definition) is 0. The molecule has 0 spiro atoms. The summed E-state index contributed by atoms with van der Waals surface area (Å²) in [5.41, 5.74) is 2.20. The van der Waals surface area contributed by atoms with E-state index >= 15 is 0 Å². The lowest BCUT2D eigenvalue weighted by Crippen LogP contribution is -1.98. The molecule has 1 aromatic carbocycles. The van der Waals surface area contributed by atoms with Crippen molar-refractivity contribution < 1.29 is 4.39 Å². The van der Waals surface area contributed by atoms with E-state index in [0.29, 0.717) is 15.8 Å². The first-order chi connectivity index (χ1) is 9.10. The van der Waals surface area contributed by atoms with E-state index in [2.05, 4.69) is 26.0 Å². The van der Waals surface area contributed by atoms with E-state index < -0.39 is 0 Å². The molecule has 19 heavy (non-hydrogen) atoms. The molecule has 0 fully saturated rings. The highest BCUT2D eigenvalue weighted by atomic mass is 79.9. The summed E-state index contributed by atoms with van der Waals surface area (Å²) in [6, 6.07) is 3.09. The molecule has 0 bridgehead atoms. The van der Waals surface area contributed by atoms with Crippen LogP contribution in [-0.4, -0.2) is 19.3 Å². The number of aryl methyl sites for hydroxylation is 1. The smallest absolute Gasteiger partial charge is 0.139 e. The number of fused-ring (bicyclic) bond motifs is 1. The quantitative estimate of drug-likeness (QED) is 0.669. The highest BCUT2D eigenvalue weighted by Crippen LogP contribution is 2.27. The predicted molar refractivity (Wildman–Crippen MR) is 75.1 cm³/mol. The molecule has 0 aliphatic rings. The number of nitrogens with zero attached hydrogens (tertiary/aromatic N) is 4. The minimum Gasteiger partial charge on any atom is -0.292 e. The SMILES string of the molecule is Cn1cc(-n2c(CCl)nc3cc(F)c(Br)cc32)cn1. The molecule has 3 aromatic rings. The van der Waals surface area contributed by atoms with Crippen LogP contribution in [0, 0.1) is 5.82 Å². The fourth-order valence-corrected chi connectivity index (χ4v) is 2.53. The summed E-state index contributed by atoms with van der Waals surface area (Å²) >= 11 is 9.11. The summed E-state index contributed by atoms with van der Waals surface area (Å²) in [5, 5.41) is 4.13. The summed E-state index contributed by atoms with van der Waals surface area (Å²) in [6.07, 6.45) is 3.57. The predicted octanol–water partition coefficient (Wildman–Crippen LogP) is 3.40. The zero-order chi connectivity index (χ0) is 13.6. The molecule has 7 heteroatoms. The molecule has 2 aromatic heterocycles. The van der Waals surface area contributed by atoms with Crippen LogP contribution in [0.2, 0.25) is 0 Å². The van der Waals surface area contributed by atoms with Crippen molar-refractivity contribution in [3.63, 3.8) is 0 Å².